The van der Waals surface area contributed by atoms with Crippen LogP contribution in [-0.2, 0) is 23.4 Å². The van der Waals surface area contributed by atoms with Crippen LogP contribution in [0.1, 0.15) is 13.8 Å². The lowest BCUT2D eigenvalue weighted by molar-refractivity contribution is -0.209. The Morgan fingerprint density at radius 1 is 1.27 bits per heavy atom. The standard InChI is InChI=1S/C11H21NO8P2/c1-3-18-10-6-5-7-12(8-10)9-11(21(13,14)15)22(16,17)20-19-4-2/h5-6,8,11H,3-4,7,9H2,1-2H3,(H,16,17)(H2,13,14,15). The van der Waals surface area contributed by atoms with Crippen molar-refractivity contribution in [1.29, 1.82) is 0 Å². The molecule has 11 heteroatoms. The second kappa shape index (κ2) is 8.26. The van der Waals surface area contributed by atoms with E-state index < -0.39 is 20.6 Å². The molecule has 0 fully saturated rings. The highest BCUT2D eigenvalue weighted by molar-refractivity contribution is 7.71. The molecule has 22 heavy (non-hydrogen) atoms. The third-order valence-corrected chi connectivity index (χ3v) is 6.64. The van der Waals surface area contributed by atoms with Crippen molar-refractivity contribution < 1.29 is 38.1 Å². The summed E-state index contributed by atoms with van der Waals surface area (Å²) in [7, 11) is -9.56. The number of nitrogens with zero attached hydrogens (tertiary/aromatic N) is 1. The number of ether oxygens (including phenoxy) is 1. The van der Waals surface area contributed by atoms with E-state index in [0.717, 1.165) is 0 Å². The first kappa shape index (κ1) is 19.4. The lowest BCUT2D eigenvalue weighted by Gasteiger charge is -2.29. The van der Waals surface area contributed by atoms with E-state index >= 15 is 0 Å². The monoisotopic (exact) mass is 357 g/mol. The molecule has 0 saturated carbocycles. The molecule has 128 valence electrons. The van der Waals surface area contributed by atoms with Crippen molar-refractivity contribution in [3.8, 4) is 0 Å². The summed E-state index contributed by atoms with van der Waals surface area (Å²) in [5.74, 6) is 0.497. The average Bonchev–Trinajstić information content (AvgIpc) is 2.42. The number of allylic oxidation sites excluding steroid dienone is 1. The first-order chi connectivity index (χ1) is 10.2. The highest BCUT2D eigenvalue weighted by atomic mass is 31.2. The second-order valence-electron chi connectivity index (χ2n) is 4.44. The lowest BCUT2D eigenvalue weighted by Crippen LogP contribution is -2.31. The third-order valence-electron chi connectivity index (χ3n) is 2.68. The summed E-state index contributed by atoms with van der Waals surface area (Å²) in [5, 5.41) is -1.92. The van der Waals surface area contributed by atoms with Crippen LogP contribution in [0.3, 0.4) is 0 Å². The normalized spacial score (nSPS) is 19.5. The first-order valence-corrected chi connectivity index (χ1v) is 9.97. The quantitative estimate of drug-likeness (QED) is 0.319. The molecule has 2 unspecified atom stereocenters. The smallest absolute Gasteiger partial charge is 0.372 e. The molecular weight excluding hydrogens is 336 g/mol. The van der Waals surface area contributed by atoms with E-state index in [2.05, 4.69) is 9.56 Å². The van der Waals surface area contributed by atoms with Gasteiger partial charge in [-0.1, -0.05) is 6.08 Å². The molecule has 1 heterocycles. The Morgan fingerprint density at radius 3 is 2.50 bits per heavy atom. The van der Waals surface area contributed by atoms with Crippen molar-refractivity contribution >= 4 is 15.2 Å². The van der Waals surface area contributed by atoms with Crippen molar-refractivity contribution in [2.75, 3.05) is 26.3 Å². The SMILES string of the molecule is CCOOP(=O)(O)C(CN1C=C(OCC)C=CC1)P(=O)(O)O. The Labute approximate surface area is 128 Å². The fraction of sp³-hybridized carbons (Fsp3) is 0.636. The zero-order valence-corrected chi connectivity index (χ0v) is 14.2. The summed E-state index contributed by atoms with van der Waals surface area (Å²) >= 11 is 0. The zero-order chi connectivity index (χ0) is 16.8. The maximum Gasteiger partial charge on any atom is 0.372 e. The number of hydrogen-bond donors (Lipinski definition) is 3. The van der Waals surface area contributed by atoms with Crippen LogP contribution in [-0.4, -0.2) is 51.3 Å². The average molecular weight is 357 g/mol. The van der Waals surface area contributed by atoms with Gasteiger partial charge in [-0.15, -0.1) is 4.67 Å². The topological polar surface area (TPSA) is 126 Å². The maximum atomic E-state index is 12.0. The summed E-state index contributed by atoms with van der Waals surface area (Å²) < 4.78 is 33.2. The van der Waals surface area contributed by atoms with Crippen molar-refractivity contribution in [3.63, 3.8) is 0 Å². The first-order valence-electron chi connectivity index (χ1n) is 6.64. The summed E-state index contributed by atoms with van der Waals surface area (Å²) in [6.45, 7) is 3.65. The van der Waals surface area contributed by atoms with E-state index in [-0.39, 0.29) is 13.2 Å². The molecule has 1 aliphatic heterocycles. The van der Waals surface area contributed by atoms with E-state index in [1.165, 1.54) is 18.0 Å². The summed E-state index contributed by atoms with van der Waals surface area (Å²) in [6, 6.07) is 0. The molecule has 0 aromatic rings. The number of hydrogen-bond acceptors (Lipinski definition) is 6. The molecule has 3 N–H and O–H groups in total. The summed E-state index contributed by atoms with van der Waals surface area (Å²) in [6.07, 6.45) is 4.95. The molecule has 1 aliphatic rings. The van der Waals surface area contributed by atoms with E-state index in [1.54, 1.807) is 19.1 Å². The Morgan fingerprint density at radius 2 is 1.95 bits per heavy atom. The molecule has 0 aromatic heterocycles. The molecule has 2 atom stereocenters. The molecule has 9 nitrogen and oxygen atoms in total. The summed E-state index contributed by atoms with van der Waals surface area (Å²) in [4.78, 5) is 34.3. The Hall–Kier alpha value is -0.660. The predicted molar refractivity (Wildman–Crippen MR) is 78.8 cm³/mol. The minimum absolute atomic E-state index is 0.0285. The van der Waals surface area contributed by atoms with Gasteiger partial charge < -0.3 is 24.3 Å². The lowest BCUT2D eigenvalue weighted by atomic mass is 10.3. The zero-order valence-electron chi connectivity index (χ0n) is 12.4. The Bertz CT molecular complexity index is 514. The van der Waals surface area contributed by atoms with Gasteiger partial charge in [-0.2, -0.15) is 0 Å². The van der Waals surface area contributed by atoms with Gasteiger partial charge in [-0.25, -0.2) is 4.89 Å². The van der Waals surface area contributed by atoms with Crippen LogP contribution >= 0.6 is 15.2 Å². The van der Waals surface area contributed by atoms with Crippen molar-refractivity contribution in [3.05, 3.63) is 24.1 Å². The summed E-state index contributed by atoms with van der Waals surface area (Å²) in [5.41, 5.74) is 0. The molecule has 0 saturated heterocycles. The van der Waals surface area contributed by atoms with Crippen molar-refractivity contribution in [1.82, 2.24) is 4.90 Å². The predicted octanol–water partition coefficient (Wildman–Crippen LogP) is 1.39. The molecule has 0 aromatic carbocycles. The Kier molecular flexibility index (Phi) is 7.28. The van der Waals surface area contributed by atoms with Crippen molar-refractivity contribution in [2.24, 2.45) is 0 Å². The molecule has 1 rings (SSSR count). The highest BCUT2D eigenvalue weighted by Gasteiger charge is 2.47. The molecule has 0 spiro atoms. The molecule has 0 aliphatic carbocycles. The van der Waals surface area contributed by atoms with Crippen LogP contribution in [0.25, 0.3) is 0 Å². The van der Waals surface area contributed by atoms with E-state index in [9.17, 15) is 23.8 Å². The van der Waals surface area contributed by atoms with E-state index in [0.29, 0.717) is 18.9 Å². The molecule has 0 amide bonds. The fourth-order valence-electron chi connectivity index (χ4n) is 1.75. The van der Waals surface area contributed by atoms with Crippen LogP contribution in [0.4, 0.5) is 0 Å². The highest BCUT2D eigenvalue weighted by Crippen LogP contribution is 2.63. The van der Waals surface area contributed by atoms with Gasteiger partial charge in [0.2, 0.25) is 0 Å². The molecule has 0 bridgehead atoms. The van der Waals surface area contributed by atoms with Crippen molar-refractivity contribution in [2.45, 2.75) is 19.2 Å². The van der Waals surface area contributed by atoms with Crippen LogP contribution in [0.2, 0.25) is 0 Å². The van der Waals surface area contributed by atoms with Gasteiger partial charge in [0.1, 0.15) is 5.76 Å². The van der Waals surface area contributed by atoms with Gasteiger partial charge >= 0.3 is 15.2 Å². The van der Waals surface area contributed by atoms with Gasteiger partial charge in [-0.3, -0.25) is 9.13 Å². The van der Waals surface area contributed by atoms with Gasteiger partial charge in [0.15, 0.2) is 5.40 Å². The van der Waals surface area contributed by atoms with Crippen LogP contribution in [0, 0.1) is 0 Å². The van der Waals surface area contributed by atoms with Gasteiger partial charge in [0.25, 0.3) is 0 Å². The van der Waals surface area contributed by atoms with E-state index in [1.807, 2.05) is 0 Å². The fourth-order valence-corrected chi connectivity index (χ4v) is 4.58. The van der Waals surface area contributed by atoms with Gasteiger partial charge in [-0.05, 0) is 19.9 Å². The minimum atomic E-state index is -4.89. The maximum absolute atomic E-state index is 12.0. The third kappa shape index (κ3) is 5.85. The van der Waals surface area contributed by atoms with Gasteiger partial charge in [0, 0.05) is 19.3 Å². The largest absolute Gasteiger partial charge is 0.492 e. The van der Waals surface area contributed by atoms with Gasteiger partial charge in [0.05, 0.1) is 13.2 Å². The minimum Gasteiger partial charge on any atom is -0.492 e. The van der Waals surface area contributed by atoms with Crippen LogP contribution in [0.5, 0.6) is 0 Å². The van der Waals surface area contributed by atoms with Crippen LogP contribution < -0.4 is 0 Å². The second-order valence-corrected chi connectivity index (χ2v) is 8.55. The Balaban J connectivity index is 2.89. The van der Waals surface area contributed by atoms with Crippen LogP contribution in [0.15, 0.2) is 24.1 Å². The molecule has 0 radical (unpaired) electrons. The molecular formula is C11H21NO8P2. The number of rotatable bonds is 9. The van der Waals surface area contributed by atoms with E-state index in [4.69, 9.17) is 4.74 Å².